The van der Waals surface area contributed by atoms with E-state index in [1.807, 2.05) is 49.5 Å². The number of alkyl halides is 3. The largest absolute Gasteiger partial charge is 0.490 e. The van der Waals surface area contributed by atoms with Crippen molar-refractivity contribution in [3.63, 3.8) is 0 Å². The Morgan fingerprint density at radius 3 is 2.57 bits per heavy atom. The second-order valence-electron chi connectivity index (χ2n) is 7.90. The Bertz CT molecular complexity index is 1440. The van der Waals surface area contributed by atoms with Crippen LogP contribution in [0.1, 0.15) is 23.0 Å². The fraction of sp³-hybridized carbons (Fsp3) is 0.167. The number of carbonyl (C=O) groups is 2. The Morgan fingerprint density at radius 1 is 1.14 bits per heavy atom. The summed E-state index contributed by atoms with van der Waals surface area (Å²) in [7, 11) is 0. The molecule has 0 saturated carbocycles. The monoisotopic (exact) mass is 546 g/mol. The molecule has 0 spiro atoms. The van der Waals surface area contributed by atoms with Crippen LogP contribution in [0.3, 0.4) is 0 Å². The number of benzene rings is 1. The first-order valence-electron chi connectivity index (χ1n) is 10.4. The zero-order valence-electron chi connectivity index (χ0n) is 18.2. The maximum Gasteiger partial charge on any atom is 0.490 e. The molecule has 0 saturated heterocycles. The molecular formula is C24H18BrF3N4O3. The third-order valence-electron chi connectivity index (χ3n) is 5.31. The van der Waals surface area contributed by atoms with Gasteiger partial charge >= 0.3 is 12.1 Å². The summed E-state index contributed by atoms with van der Waals surface area (Å²) >= 11 is 3.62. The molecule has 4 aromatic rings. The number of fused-ring (bicyclic) bond motifs is 2. The van der Waals surface area contributed by atoms with Gasteiger partial charge in [-0.15, -0.1) is 0 Å². The lowest BCUT2D eigenvalue weighted by Gasteiger charge is -2.19. The van der Waals surface area contributed by atoms with Crippen LogP contribution in [0.5, 0.6) is 0 Å². The Morgan fingerprint density at radius 2 is 1.86 bits per heavy atom. The zero-order chi connectivity index (χ0) is 25.3. The molecule has 1 aliphatic rings. The SMILES string of the molecule is CC1Cc2[nH]c(-c3ccnc(-c4cnc5ccccc5c4)c3)c(Br)c2C(=O)N1.O=C(O)C(F)(F)F. The molecule has 0 bridgehead atoms. The van der Waals surface area contributed by atoms with E-state index >= 15 is 0 Å². The van der Waals surface area contributed by atoms with Gasteiger partial charge in [-0.1, -0.05) is 18.2 Å². The lowest BCUT2D eigenvalue weighted by molar-refractivity contribution is -0.192. The van der Waals surface area contributed by atoms with Gasteiger partial charge in [0.25, 0.3) is 5.91 Å². The van der Waals surface area contributed by atoms with Gasteiger partial charge in [-0.2, -0.15) is 13.2 Å². The predicted molar refractivity (Wildman–Crippen MR) is 127 cm³/mol. The molecule has 0 fully saturated rings. The number of carboxylic acid groups (broad SMARTS) is 1. The first-order chi connectivity index (χ1) is 16.5. The number of pyridine rings is 2. The number of para-hydroxylation sites is 1. The molecule has 180 valence electrons. The minimum Gasteiger partial charge on any atom is -0.475 e. The van der Waals surface area contributed by atoms with E-state index in [-0.39, 0.29) is 11.9 Å². The van der Waals surface area contributed by atoms with Crippen LogP contribution < -0.4 is 5.32 Å². The van der Waals surface area contributed by atoms with Gasteiger partial charge in [0.05, 0.1) is 26.9 Å². The minimum atomic E-state index is -5.08. The van der Waals surface area contributed by atoms with Crippen LogP contribution in [-0.2, 0) is 11.2 Å². The molecule has 11 heteroatoms. The second kappa shape index (κ2) is 9.49. The molecule has 0 radical (unpaired) electrons. The number of aromatic nitrogens is 3. The lowest BCUT2D eigenvalue weighted by Crippen LogP contribution is -2.39. The second-order valence-corrected chi connectivity index (χ2v) is 8.69. The van der Waals surface area contributed by atoms with E-state index in [2.05, 4.69) is 42.3 Å². The van der Waals surface area contributed by atoms with Crippen LogP contribution in [0, 0.1) is 0 Å². The van der Waals surface area contributed by atoms with Crippen molar-refractivity contribution in [2.45, 2.75) is 25.6 Å². The van der Waals surface area contributed by atoms with Gasteiger partial charge in [0.2, 0.25) is 0 Å². The van der Waals surface area contributed by atoms with Crippen LogP contribution >= 0.6 is 15.9 Å². The molecule has 1 atom stereocenters. The molecule has 7 nitrogen and oxygen atoms in total. The minimum absolute atomic E-state index is 0.0452. The Labute approximate surface area is 205 Å². The number of carboxylic acids is 1. The van der Waals surface area contributed by atoms with E-state index in [1.165, 1.54) is 0 Å². The van der Waals surface area contributed by atoms with Crippen LogP contribution in [0.25, 0.3) is 33.4 Å². The van der Waals surface area contributed by atoms with Gasteiger partial charge in [-0.05, 0) is 47.1 Å². The zero-order valence-corrected chi connectivity index (χ0v) is 19.7. The van der Waals surface area contributed by atoms with Gasteiger partial charge in [-0.3, -0.25) is 14.8 Å². The molecule has 1 unspecified atom stereocenters. The molecule has 4 heterocycles. The van der Waals surface area contributed by atoms with Crippen molar-refractivity contribution >= 4 is 38.7 Å². The van der Waals surface area contributed by atoms with E-state index in [0.29, 0.717) is 5.56 Å². The Balaban J connectivity index is 0.000000364. The molecule has 0 aliphatic carbocycles. The Hall–Kier alpha value is -3.73. The highest BCUT2D eigenvalue weighted by Crippen LogP contribution is 2.36. The maximum atomic E-state index is 12.4. The number of rotatable bonds is 2. The molecule has 3 aromatic heterocycles. The molecule has 1 amide bonds. The number of hydrogen-bond donors (Lipinski definition) is 3. The van der Waals surface area contributed by atoms with E-state index in [1.54, 1.807) is 6.20 Å². The fourth-order valence-electron chi connectivity index (χ4n) is 3.72. The summed E-state index contributed by atoms with van der Waals surface area (Å²) in [6.45, 7) is 2.01. The summed E-state index contributed by atoms with van der Waals surface area (Å²) < 4.78 is 32.5. The third kappa shape index (κ3) is 5.19. The van der Waals surface area contributed by atoms with E-state index in [0.717, 1.165) is 50.0 Å². The average Bonchev–Trinajstić information content (AvgIpc) is 3.15. The van der Waals surface area contributed by atoms with Crippen molar-refractivity contribution in [3.05, 3.63) is 70.6 Å². The summed E-state index contributed by atoms with van der Waals surface area (Å²) in [5.41, 5.74) is 6.28. The Kier molecular flexibility index (Phi) is 6.62. The van der Waals surface area contributed by atoms with Crippen molar-refractivity contribution in [1.82, 2.24) is 20.3 Å². The van der Waals surface area contributed by atoms with Crippen molar-refractivity contribution in [3.8, 4) is 22.5 Å². The molecule has 1 aliphatic heterocycles. The molecule has 1 aromatic carbocycles. The number of carbonyl (C=O) groups excluding carboxylic acids is 1. The third-order valence-corrected chi connectivity index (χ3v) is 6.10. The number of aliphatic carboxylic acids is 1. The summed E-state index contributed by atoms with van der Waals surface area (Å²) in [5.74, 6) is -2.80. The summed E-state index contributed by atoms with van der Waals surface area (Å²) in [4.78, 5) is 33.8. The smallest absolute Gasteiger partial charge is 0.475 e. The summed E-state index contributed by atoms with van der Waals surface area (Å²) in [6, 6.07) is 14.2. The predicted octanol–water partition coefficient (Wildman–Crippen LogP) is 5.36. The van der Waals surface area contributed by atoms with Crippen molar-refractivity contribution < 1.29 is 27.9 Å². The first-order valence-corrected chi connectivity index (χ1v) is 11.2. The number of H-pyrrole nitrogens is 1. The number of aromatic amines is 1. The van der Waals surface area contributed by atoms with Crippen LogP contribution in [0.4, 0.5) is 13.2 Å². The van der Waals surface area contributed by atoms with E-state index in [4.69, 9.17) is 9.90 Å². The van der Waals surface area contributed by atoms with Gasteiger partial charge in [0, 0.05) is 47.1 Å². The van der Waals surface area contributed by atoms with E-state index < -0.39 is 12.1 Å². The number of halogens is 4. The fourth-order valence-corrected chi connectivity index (χ4v) is 4.47. The standard InChI is InChI=1S/C22H17BrN4O.C2HF3O2/c1-12-8-18-19(22(28)26-12)20(23)21(27-18)14-6-7-24-17(10-14)15-9-13-4-2-3-5-16(13)25-11-15;3-2(4,5)1(6)7/h2-7,9-12,27H,8H2,1H3,(H,26,28);(H,6,7). The van der Waals surface area contributed by atoms with Gasteiger partial charge in [0.1, 0.15) is 0 Å². The number of nitrogens with one attached hydrogen (secondary N) is 2. The van der Waals surface area contributed by atoms with Gasteiger partial charge in [0.15, 0.2) is 0 Å². The number of hydrogen-bond acceptors (Lipinski definition) is 4. The molecule has 35 heavy (non-hydrogen) atoms. The maximum absolute atomic E-state index is 12.4. The highest BCUT2D eigenvalue weighted by atomic mass is 79.9. The van der Waals surface area contributed by atoms with Gasteiger partial charge in [-0.25, -0.2) is 4.79 Å². The summed E-state index contributed by atoms with van der Waals surface area (Å²) in [6.07, 6.45) is -0.667. The molecule has 3 N–H and O–H groups in total. The normalized spacial score (nSPS) is 15.1. The summed E-state index contributed by atoms with van der Waals surface area (Å²) in [5, 5.41) is 11.2. The number of nitrogens with zero attached hydrogens (tertiary/aromatic N) is 2. The van der Waals surface area contributed by atoms with Crippen LogP contribution in [0.2, 0.25) is 0 Å². The highest BCUT2D eigenvalue weighted by molar-refractivity contribution is 9.10. The quantitative estimate of drug-likeness (QED) is 0.313. The van der Waals surface area contributed by atoms with Crippen molar-refractivity contribution in [2.75, 3.05) is 0 Å². The lowest BCUT2D eigenvalue weighted by atomic mass is 10.0. The topological polar surface area (TPSA) is 108 Å². The first kappa shape index (κ1) is 24.4. The molecular weight excluding hydrogens is 529 g/mol. The van der Waals surface area contributed by atoms with Crippen molar-refractivity contribution in [1.29, 1.82) is 0 Å². The molecule has 5 rings (SSSR count). The van der Waals surface area contributed by atoms with Crippen molar-refractivity contribution in [2.24, 2.45) is 0 Å². The van der Waals surface area contributed by atoms with Crippen LogP contribution in [0.15, 0.2) is 59.3 Å². The van der Waals surface area contributed by atoms with Crippen LogP contribution in [-0.4, -0.2) is 44.2 Å². The highest BCUT2D eigenvalue weighted by Gasteiger charge is 2.38. The van der Waals surface area contributed by atoms with E-state index in [9.17, 15) is 18.0 Å². The number of amides is 1. The van der Waals surface area contributed by atoms with Gasteiger partial charge < -0.3 is 15.4 Å². The average molecular weight is 547 g/mol.